The summed E-state index contributed by atoms with van der Waals surface area (Å²) in [4.78, 5) is 0. The van der Waals surface area contributed by atoms with E-state index in [1.807, 2.05) is 13.8 Å². The average Bonchev–Trinajstić information content (AvgIpc) is 2.15. The molecule has 0 spiro atoms. The summed E-state index contributed by atoms with van der Waals surface area (Å²) >= 11 is 5.81. The van der Waals surface area contributed by atoms with Crippen molar-refractivity contribution in [1.29, 1.82) is 0 Å². The second kappa shape index (κ2) is 2.40. The average molecular weight is 145 g/mol. The van der Waals surface area contributed by atoms with Gasteiger partial charge < -0.3 is 0 Å². The van der Waals surface area contributed by atoms with E-state index in [-0.39, 0.29) is 0 Å². The van der Waals surface area contributed by atoms with Crippen LogP contribution in [0.3, 0.4) is 0 Å². The second-order valence-electron chi connectivity index (χ2n) is 1.93. The first-order chi connectivity index (χ1) is 4.25. The maximum absolute atomic E-state index is 5.81. The number of halogens is 1. The van der Waals surface area contributed by atoms with Gasteiger partial charge in [0.05, 0.1) is 6.20 Å². The van der Waals surface area contributed by atoms with Crippen molar-refractivity contribution in [2.75, 3.05) is 0 Å². The lowest BCUT2D eigenvalue weighted by Crippen LogP contribution is -1.94. The minimum absolute atomic E-state index is 0.748. The Morgan fingerprint density at radius 1 is 1.78 bits per heavy atom. The van der Waals surface area contributed by atoms with Gasteiger partial charge in [-0.2, -0.15) is 5.10 Å². The first-order valence-electron chi connectivity index (χ1n) is 2.93. The highest BCUT2D eigenvalue weighted by Crippen LogP contribution is 2.12. The summed E-state index contributed by atoms with van der Waals surface area (Å²) in [7, 11) is 0. The van der Waals surface area contributed by atoms with Gasteiger partial charge in [-0.3, -0.25) is 4.68 Å². The monoisotopic (exact) mass is 144 g/mol. The second-order valence-corrected chi connectivity index (χ2v) is 2.29. The number of hydrogen-bond acceptors (Lipinski definition) is 1. The summed E-state index contributed by atoms with van der Waals surface area (Å²) in [6.45, 7) is 4.80. The van der Waals surface area contributed by atoms with Crippen molar-refractivity contribution in [3.8, 4) is 0 Å². The van der Waals surface area contributed by atoms with Crippen LogP contribution in [-0.2, 0) is 6.54 Å². The fourth-order valence-electron chi connectivity index (χ4n) is 0.684. The number of aromatic nitrogens is 2. The zero-order valence-electron chi connectivity index (χ0n) is 5.56. The lowest BCUT2D eigenvalue weighted by atomic mass is 10.4. The van der Waals surface area contributed by atoms with Gasteiger partial charge in [0, 0.05) is 12.1 Å². The van der Waals surface area contributed by atoms with Crippen LogP contribution in [0.2, 0.25) is 5.15 Å². The van der Waals surface area contributed by atoms with E-state index in [9.17, 15) is 0 Å². The normalized spacial score (nSPS) is 10.1. The summed E-state index contributed by atoms with van der Waals surface area (Å²) in [6, 6.07) is 0. The van der Waals surface area contributed by atoms with Crippen LogP contribution in [0.4, 0.5) is 0 Å². The summed E-state index contributed by atoms with van der Waals surface area (Å²) in [5.74, 6) is 0. The minimum atomic E-state index is 0.748. The molecule has 1 aromatic rings. The molecule has 2 nitrogen and oxygen atoms in total. The lowest BCUT2D eigenvalue weighted by molar-refractivity contribution is 0.660. The number of nitrogens with zero attached hydrogens (tertiary/aromatic N) is 2. The standard InChI is InChI=1S/C6H9ClN2/c1-3-9-6(7)5(2)4-8-9/h4H,3H2,1-2H3. The Hall–Kier alpha value is -0.500. The number of rotatable bonds is 1. The van der Waals surface area contributed by atoms with Gasteiger partial charge >= 0.3 is 0 Å². The summed E-state index contributed by atoms with van der Waals surface area (Å²) < 4.78 is 1.76. The smallest absolute Gasteiger partial charge is 0.129 e. The molecule has 0 saturated carbocycles. The Balaban J connectivity index is 3.04. The molecule has 0 amide bonds. The molecule has 3 heteroatoms. The van der Waals surface area contributed by atoms with Gasteiger partial charge in [-0.05, 0) is 13.8 Å². The highest BCUT2D eigenvalue weighted by Gasteiger charge is 1.99. The van der Waals surface area contributed by atoms with Crippen molar-refractivity contribution in [3.05, 3.63) is 16.9 Å². The summed E-state index contributed by atoms with van der Waals surface area (Å²) in [5, 5.41) is 4.77. The van der Waals surface area contributed by atoms with Crippen molar-refractivity contribution >= 4 is 11.6 Å². The van der Waals surface area contributed by atoms with Crippen LogP contribution >= 0.6 is 11.6 Å². The molecule has 1 aromatic heterocycles. The molecular weight excluding hydrogens is 136 g/mol. The summed E-state index contributed by atoms with van der Waals surface area (Å²) in [6.07, 6.45) is 1.77. The molecule has 1 heterocycles. The minimum Gasteiger partial charge on any atom is -0.254 e. The Bertz CT molecular complexity index is 205. The topological polar surface area (TPSA) is 17.8 Å². The fraction of sp³-hybridized carbons (Fsp3) is 0.500. The van der Waals surface area contributed by atoms with Crippen LogP contribution in [0, 0.1) is 6.92 Å². The van der Waals surface area contributed by atoms with Crippen LogP contribution in [0.5, 0.6) is 0 Å². The molecule has 0 unspecified atom stereocenters. The van der Waals surface area contributed by atoms with E-state index in [1.165, 1.54) is 0 Å². The van der Waals surface area contributed by atoms with Gasteiger partial charge in [-0.15, -0.1) is 0 Å². The lowest BCUT2D eigenvalue weighted by Gasteiger charge is -1.94. The van der Waals surface area contributed by atoms with Gasteiger partial charge in [-0.1, -0.05) is 11.6 Å². The molecule has 0 bridgehead atoms. The molecule has 0 aliphatic heterocycles. The molecule has 0 fully saturated rings. The summed E-state index contributed by atoms with van der Waals surface area (Å²) in [5.41, 5.74) is 1.04. The molecule has 9 heavy (non-hydrogen) atoms. The van der Waals surface area contributed by atoms with Crippen LogP contribution < -0.4 is 0 Å². The predicted octanol–water partition coefficient (Wildman–Crippen LogP) is 1.86. The van der Waals surface area contributed by atoms with E-state index < -0.39 is 0 Å². The Morgan fingerprint density at radius 2 is 2.44 bits per heavy atom. The molecule has 0 saturated heterocycles. The molecule has 0 radical (unpaired) electrons. The molecule has 1 rings (SSSR count). The quantitative estimate of drug-likeness (QED) is 0.589. The number of aryl methyl sites for hydroxylation is 2. The van der Waals surface area contributed by atoms with Crippen molar-refractivity contribution in [3.63, 3.8) is 0 Å². The fourth-order valence-corrected chi connectivity index (χ4v) is 0.896. The van der Waals surface area contributed by atoms with Gasteiger partial charge in [-0.25, -0.2) is 0 Å². The third kappa shape index (κ3) is 1.08. The molecule has 0 aliphatic carbocycles. The van der Waals surface area contributed by atoms with Gasteiger partial charge in [0.15, 0.2) is 0 Å². The van der Waals surface area contributed by atoms with E-state index in [4.69, 9.17) is 11.6 Å². The molecule has 50 valence electrons. The predicted molar refractivity (Wildman–Crippen MR) is 37.6 cm³/mol. The first kappa shape index (κ1) is 6.62. The van der Waals surface area contributed by atoms with Gasteiger partial charge in [0.25, 0.3) is 0 Å². The van der Waals surface area contributed by atoms with Crippen molar-refractivity contribution < 1.29 is 0 Å². The van der Waals surface area contributed by atoms with Crippen molar-refractivity contribution in [1.82, 2.24) is 9.78 Å². The Morgan fingerprint density at radius 3 is 2.67 bits per heavy atom. The van der Waals surface area contributed by atoms with Crippen LogP contribution in [0.25, 0.3) is 0 Å². The van der Waals surface area contributed by atoms with E-state index >= 15 is 0 Å². The highest BCUT2D eigenvalue weighted by atomic mass is 35.5. The van der Waals surface area contributed by atoms with Crippen LogP contribution in [0.1, 0.15) is 12.5 Å². The third-order valence-electron chi connectivity index (χ3n) is 1.24. The van der Waals surface area contributed by atoms with E-state index in [2.05, 4.69) is 5.10 Å². The van der Waals surface area contributed by atoms with Crippen LogP contribution in [0.15, 0.2) is 6.20 Å². The Kier molecular flexibility index (Phi) is 1.76. The van der Waals surface area contributed by atoms with E-state index in [0.717, 1.165) is 17.3 Å². The van der Waals surface area contributed by atoms with Gasteiger partial charge in [0.2, 0.25) is 0 Å². The molecular formula is C6H9ClN2. The van der Waals surface area contributed by atoms with Crippen molar-refractivity contribution in [2.45, 2.75) is 20.4 Å². The number of hydrogen-bond donors (Lipinski definition) is 0. The van der Waals surface area contributed by atoms with Gasteiger partial charge in [0.1, 0.15) is 5.15 Å². The van der Waals surface area contributed by atoms with E-state index in [1.54, 1.807) is 10.9 Å². The molecule has 0 aliphatic rings. The first-order valence-corrected chi connectivity index (χ1v) is 3.31. The largest absolute Gasteiger partial charge is 0.254 e. The highest BCUT2D eigenvalue weighted by molar-refractivity contribution is 6.30. The molecule has 0 atom stereocenters. The Labute approximate surface area is 59.4 Å². The molecule has 0 aromatic carbocycles. The molecule has 0 N–H and O–H groups in total. The van der Waals surface area contributed by atoms with E-state index in [0.29, 0.717) is 0 Å². The third-order valence-corrected chi connectivity index (χ3v) is 1.74. The zero-order valence-corrected chi connectivity index (χ0v) is 6.31. The van der Waals surface area contributed by atoms with Crippen molar-refractivity contribution in [2.24, 2.45) is 0 Å². The zero-order chi connectivity index (χ0) is 6.85. The van der Waals surface area contributed by atoms with Crippen LogP contribution in [-0.4, -0.2) is 9.78 Å². The maximum Gasteiger partial charge on any atom is 0.129 e. The maximum atomic E-state index is 5.81. The SMILES string of the molecule is CCn1ncc(C)c1Cl.